The van der Waals surface area contributed by atoms with E-state index in [1.54, 1.807) is 25.1 Å². The van der Waals surface area contributed by atoms with E-state index in [0.29, 0.717) is 34.4 Å². The van der Waals surface area contributed by atoms with Crippen LogP contribution in [-0.4, -0.2) is 25.1 Å². The van der Waals surface area contributed by atoms with Gasteiger partial charge in [-0.25, -0.2) is 4.79 Å². The Morgan fingerprint density at radius 1 is 1.03 bits per heavy atom. The molecule has 0 radical (unpaired) electrons. The Labute approximate surface area is 192 Å². The van der Waals surface area contributed by atoms with Crippen molar-refractivity contribution < 1.29 is 19.1 Å². The van der Waals surface area contributed by atoms with E-state index in [2.05, 4.69) is 29.6 Å². The van der Waals surface area contributed by atoms with Crippen molar-refractivity contribution in [3.05, 3.63) is 81.7 Å². The lowest BCUT2D eigenvalue weighted by atomic mass is 9.83. The second-order valence-corrected chi connectivity index (χ2v) is 8.77. The van der Waals surface area contributed by atoms with Crippen LogP contribution in [0, 0.1) is 0 Å². The molecule has 0 saturated carbocycles. The van der Waals surface area contributed by atoms with Gasteiger partial charge in [0, 0.05) is 4.88 Å². The highest BCUT2D eigenvalue weighted by molar-refractivity contribution is 7.17. The summed E-state index contributed by atoms with van der Waals surface area (Å²) in [6.07, 6.45) is 2.59. The summed E-state index contributed by atoms with van der Waals surface area (Å²) in [5.41, 5.74) is 3.26. The SMILES string of the molecule is CCOC(=O)c1c(NC(=O)c2ccccc2OCC)sc2c1CC[C@@H](c1ccccc1)C2. The first-order valence-electron chi connectivity index (χ1n) is 11.0. The van der Waals surface area contributed by atoms with Gasteiger partial charge in [0.1, 0.15) is 10.8 Å². The Kier molecular flexibility index (Phi) is 6.90. The summed E-state index contributed by atoms with van der Waals surface area (Å²) in [6, 6.07) is 17.6. The molecule has 1 amide bonds. The number of amides is 1. The molecule has 0 aliphatic heterocycles. The van der Waals surface area contributed by atoms with Gasteiger partial charge in [-0.15, -0.1) is 11.3 Å². The fourth-order valence-corrected chi connectivity index (χ4v) is 5.52. The Balaban J connectivity index is 1.66. The van der Waals surface area contributed by atoms with Crippen molar-refractivity contribution in [2.75, 3.05) is 18.5 Å². The largest absolute Gasteiger partial charge is 0.493 e. The Morgan fingerprint density at radius 3 is 2.53 bits per heavy atom. The molecule has 4 rings (SSSR count). The van der Waals surface area contributed by atoms with Crippen LogP contribution in [0.25, 0.3) is 0 Å². The van der Waals surface area contributed by atoms with Crippen LogP contribution in [0.1, 0.15) is 62.9 Å². The van der Waals surface area contributed by atoms with Crippen molar-refractivity contribution >= 4 is 28.2 Å². The van der Waals surface area contributed by atoms with Crippen molar-refractivity contribution in [1.82, 2.24) is 0 Å². The van der Waals surface area contributed by atoms with E-state index in [9.17, 15) is 9.59 Å². The van der Waals surface area contributed by atoms with E-state index in [-0.39, 0.29) is 18.5 Å². The fraction of sp³-hybridized carbons (Fsp3) is 0.308. The smallest absolute Gasteiger partial charge is 0.341 e. The third-order valence-electron chi connectivity index (χ3n) is 5.67. The number of esters is 1. The minimum absolute atomic E-state index is 0.288. The number of thiophene rings is 1. The molecule has 0 spiro atoms. The van der Waals surface area contributed by atoms with E-state index in [1.165, 1.54) is 16.9 Å². The molecule has 2 aromatic carbocycles. The van der Waals surface area contributed by atoms with E-state index < -0.39 is 0 Å². The number of hydrogen-bond donors (Lipinski definition) is 1. The van der Waals surface area contributed by atoms with E-state index >= 15 is 0 Å². The molecule has 1 atom stereocenters. The predicted molar refractivity (Wildman–Crippen MR) is 127 cm³/mol. The maximum Gasteiger partial charge on any atom is 0.341 e. The number of ether oxygens (including phenoxy) is 2. The van der Waals surface area contributed by atoms with Crippen molar-refractivity contribution in [3.8, 4) is 5.75 Å². The molecule has 0 fully saturated rings. The second kappa shape index (κ2) is 10.0. The highest BCUT2D eigenvalue weighted by Gasteiger charge is 2.31. The molecular weight excluding hydrogens is 422 g/mol. The van der Waals surface area contributed by atoms with Gasteiger partial charge in [0.25, 0.3) is 5.91 Å². The maximum absolute atomic E-state index is 13.1. The van der Waals surface area contributed by atoms with Crippen LogP contribution in [-0.2, 0) is 17.6 Å². The number of nitrogens with one attached hydrogen (secondary N) is 1. The van der Waals surface area contributed by atoms with Gasteiger partial charge >= 0.3 is 5.97 Å². The molecule has 166 valence electrons. The number of fused-ring (bicyclic) bond motifs is 1. The van der Waals surface area contributed by atoms with Gasteiger partial charge in [-0.2, -0.15) is 0 Å². The van der Waals surface area contributed by atoms with Crippen LogP contribution < -0.4 is 10.1 Å². The lowest BCUT2D eigenvalue weighted by Gasteiger charge is -2.23. The monoisotopic (exact) mass is 449 g/mol. The summed E-state index contributed by atoms with van der Waals surface area (Å²) in [7, 11) is 0. The minimum atomic E-state index is -0.378. The van der Waals surface area contributed by atoms with Crippen molar-refractivity contribution in [2.24, 2.45) is 0 Å². The number of benzene rings is 2. The molecule has 1 aromatic heterocycles. The first-order valence-corrected chi connectivity index (χ1v) is 11.8. The van der Waals surface area contributed by atoms with Gasteiger partial charge in [-0.3, -0.25) is 4.79 Å². The molecular formula is C26H27NO4S. The minimum Gasteiger partial charge on any atom is -0.493 e. The number of carbonyl (C=O) groups is 2. The van der Waals surface area contributed by atoms with Gasteiger partial charge in [-0.1, -0.05) is 42.5 Å². The van der Waals surface area contributed by atoms with E-state index in [1.807, 2.05) is 19.1 Å². The van der Waals surface area contributed by atoms with Gasteiger partial charge in [0.05, 0.1) is 24.3 Å². The molecule has 6 heteroatoms. The molecule has 1 aliphatic rings. The number of hydrogen-bond acceptors (Lipinski definition) is 5. The van der Waals surface area contributed by atoms with Gasteiger partial charge in [0.15, 0.2) is 0 Å². The molecule has 3 aromatic rings. The zero-order valence-electron chi connectivity index (χ0n) is 18.4. The van der Waals surface area contributed by atoms with Crippen molar-refractivity contribution in [2.45, 2.75) is 39.0 Å². The van der Waals surface area contributed by atoms with Gasteiger partial charge in [0.2, 0.25) is 0 Å². The third kappa shape index (κ3) is 4.55. The molecule has 1 aliphatic carbocycles. The molecule has 1 N–H and O–H groups in total. The average Bonchev–Trinajstić information content (AvgIpc) is 3.17. The lowest BCUT2D eigenvalue weighted by Crippen LogP contribution is -2.17. The van der Waals surface area contributed by atoms with Crippen LogP contribution in [0.2, 0.25) is 0 Å². The van der Waals surface area contributed by atoms with Crippen LogP contribution in [0.15, 0.2) is 54.6 Å². The summed E-state index contributed by atoms with van der Waals surface area (Å²) >= 11 is 1.48. The lowest BCUT2D eigenvalue weighted by molar-refractivity contribution is 0.0526. The summed E-state index contributed by atoms with van der Waals surface area (Å²) in [5, 5.41) is 3.53. The first-order chi connectivity index (χ1) is 15.6. The molecule has 32 heavy (non-hydrogen) atoms. The topological polar surface area (TPSA) is 64.6 Å². The zero-order valence-corrected chi connectivity index (χ0v) is 19.2. The average molecular weight is 450 g/mol. The van der Waals surface area contributed by atoms with Crippen LogP contribution in [0.5, 0.6) is 5.75 Å². The predicted octanol–water partition coefficient (Wildman–Crippen LogP) is 5.85. The fourth-order valence-electron chi connectivity index (χ4n) is 4.21. The third-order valence-corrected chi connectivity index (χ3v) is 6.84. The highest BCUT2D eigenvalue weighted by atomic mass is 32.1. The standard InChI is InChI=1S/C26H27NO4S/c1-3-30-21-13-9-8-12-19(21)24(28)27-25-23(26(29)31-4-2)20-15-14-18(16-22(20)32-25)17-10-6-5-7-11-17/h5-13,18H,3-4,14-16H2,1-2H3,(H,27,28)/t18-/m1/s1. The summed E-state index contributed by atoms with van der Waals surface area (Å²) in [6.45, 7) is 4.42. The van der Waals surface area contributed by atoms with Gasteiger partial charge < -0.3 is 14.8 Å². The number of rotatable bonds is 7. The molecule has 0 bridgehead atoms. The summed E-state index contributed by atoms with van der Waals surface area (Å²) < 4.78 is 11.0. The maximum atomic E-state index is 13.1. The zero-order chi connectivity index (χ0) is 22.5. The van der Waals surface area contributed by atoms with Crippen molar-refractivity contribution in [3.63, 3.8) is 0 Å². The molecule has 5 nitrogen and oxygen atoms in total. The summed E-state index contributed by atoms with van der Waals surface area (Å²) in [4.78, 5) is 27.1. The Morgan fingerprint density at radius 2 is 1.78 bits per heavy atom. The van der Waals surface area contributed by atoms with Crippen molar-refractivity contribution in [1.29, 1.82) is 0 Å². The summed E-state index contributed by atoms with van der Waals surface area (Å²) in [5.74, 6) is 0.254. The number of carbonyl (C=O) groups excluding carboxylic acids is 2. The first kappa shape index (κ1) is 22.1. The number of anilines is 1. The number of para-hydroxylation sites is 1. The van der Waals surface area contributed by atoms with Crippen LogP contribution >= 0.6 is 11.3 Å². The Bertz CT molecular complexity index is 1110. The van der Waals surface area contributed by atoms with E-state index in [4.69, 9.17) is 9.47 Å². The van der Waals surface area contributed by atoms with Gasteiger partial charge in [-0.05, 0) is 62.3 Å². The normalized spacial score (nSPS) is 15.0. The second-order valence-electron chi connectivity index (χ2n) is 7.66. The van der Waals surface area contributed by atoms with Crippen LogP contribution in [0.3, 0.4) is 0 Å². The van der Waals surface area contributed by atoms with Crippen LogP contribution in [0.4, 0.5) is 5.00 Å². The highest BCUT2D eigenvalue weighted by Crippen LogP contribution is 2.43. The quantitative estimate of drug-likeness (QED) is 0.460. The Hall–Kier alpha value is -3.12. The van der Waals surface area contributed by atoms with E-state index in [0.717, 1.165) is 29.7 Å². The molecule has 1 heterocycles. The molecule has 0 saturated heterocycles. The molecule has 0 unspecified atom stereocenters.